The standard InChI is InChI=1S/C35H43ClF4N7O4/c1-17-13-18(2)50-31-22-29(26(40)28(42-31)21-23(36)19(3)24(38)27(41)25(21)39)43-32(49-16-35-9-8-10-46(35)15-20(37)14-35)44-30(22)45(7)11-12-47(17)33(48)51-34(4,5)6/h17-18,20H,7-16,41H2,1-6H3/q+1/t17-,18-,20+,35-/m0/s1. The summed E-state index contributed by atoms with van der Waals surface area (Å²) in [4.78, 5) is 30.4. The summed E-state index contributed by atoms with van der Waals surface area (Å²) in [5.41, 5.74) is 1.79. The van der Waals surface area contributed by atoms with Gasteiger partial charge in [-0.2, -0.15) is 4.98 Å². The van der Waals surface area contributed by atoms with E-state index in [9.17, 15) is 13.6 Å². The fourth-order valence-electron chi connectivity index (χ4n) is 7.31. The topological polar surface area (TPSA) is 119 Å². The van der Waals surface area contributed by atoms with E-state index in [4.69, 9.17) is 31.5 Å². The number of anilines is 1. The molecular weight excluding hydrogens is 694 g/mol. The number of aromatic nitrogens is 3. The number of nitrogen functional groups attached to an aromatic ring is 1. The van der Waals surface area contributed by atoms with Gasteiger partial charge in [0.25, 0.3) is 0 Å². The van der Waals surface area contributed by atoms with Crippen LogP contribution in [0.4, 0.5) is 33.9 Å². The lowest BCUT2D eigenvalue weighted by Crippen LogP contribution is -2.45. The van der Waals surface area contributed by atoms with Crippen molar-refractivity contribution in [3.05, 3.63) is 28.0 Å². The molecule has 5 heterocycles. The van der Waals surface area contributed by atoms with Crippen LogP contribution in [0.5, 0.6) is 11.9 Å². The molecule has 1 aromatic carbocycles. The van der Waals surface area contributed by atoms with Crippen molar-refractivity contribution in [1.29, 1.82) is 0 Å². The van der Waals surface area contributed by atoms with E-state index in [0.29, 0.717) is 13.0 Å². The van der Waals surface area contributed by atoms with Gasteiger partial charge >= 0.3 is 17.9 Å². The molecule has 0 aliphatic carbocycles. The zero-order valence-electron chi connectivity index (χ0n) is 29.6. The Morgan fingerprint density at radius 1 is 1.16 bits per heavy atom. The Kier molecular flexibility index (Phi) is 9.76. The third-order valence-corrected chi connectivity index (χ3v) is 10.3. The lowest BCUT2D eigenvalue weighted by atomic mass is 9.95. The molecule has 3 aliphatic rings. The van der Waals surface area contributed by atoms with Gasteiger partial charge in [-0.25, -0.2) is 31.9 Å². The molecule has 51 heavy (non-hydrogen) atoms. The summed E-state index contributed by atoms with van der Waals surface area (Å²) in [5.74, 6) is -3.65. The number of alkyl halides is 1. The van der Waals surface area contributed by atoms with Crippen molar-refractivity contribution < 1.29 is 41.1 Å². The number of benzene rings is 1. The Labute approximate surface area is 298 Å². The van der Waals surface area contributed by atoms with Crippen LogP contribution in [-0.2, 0) is 4.74 Å². The van der Waals surface area contributed by atoms with E-state index in [1.165, 1.54) is 11.5 Å². The first-order chi connectivity index (χ1) is 23.9. The number of halogens is 5. The monoisotopic (exact) mass is 736 g/mol. The van der Waals surface area contributed by atoms with E-state index < -0.39 is 75.0 Å². The average molecular weight is 737 g/mol. The SMILES string of the molecule is C=[N+]1CCN(C(=O)OC(C)(C)C)[C@@H](C)C[C@H](C)Oc2nc(-c3c(F)c(N)c(F)c(C)c3Cl)c(F)c3nc(OC[C@@]45CCCN4C[C@H](F)C5)nc1c23. The Morgan fingerprint density at radius 2 is 1.88 bits per heavy atom. The minimum absolute atomic E-state index is 0.00231. The number of pyridine rings is 1. The molecule has 11 nitrogen and oxygen atoms in total. The van der Waals surface area contributed by atoms with Gasteiger partial charge in [0.05, 0.1) is 35.5 Å². The van der Waals surface area contributed by atoms with Crippen molar-refractivity contribution in [2.45, 2.75) is 96.7 Å². The molecule has 0 radical (unpaired) electrons. The van der Waals surface area contributed by atoms with Crippen LogP contribution in [0, 0.1) is 24.4 Å². The van der Waals surface area contributed by atoms with Gasteiger partial charge in [-0.3, -0.25) is 4.90 Å². The number of nitrogens with two attached hydrogens (primary N) is 1. The van der Waals surface area contributed by atoms with Gasteiger partial charge in [-0.05, 0) is 60.9 Å². The number of carbonyl (C=O) groups is 1. The summed E-state index contributed by atoms with van der Waals surface area (Å²) in [6, 6.07) is -0.658. The molecule has 0 bridgehead atoms. The molecule has 2 N–H and O–H groups in total. The van der Waals surface area contributed by atoms with E-state index in [0.717, 1.165) is 13.0 Å². The van der Waals surface area contributed by atoms with Crippen LogP contribution < -0.4 is 15.2 Å². The maximum Gasteiger partial charge on any atom is 0.434 e. The third-order valence-electron chi connectivity index (χ3n) is 9.81. The van der Waals surface area contributed by atoms with Crippen LogP contribution in [-0.4, -0.2) is 104 Å². The molecule has 2 saturated heterocycles. The predicted octanol–water partition coefficient (Wildman–Crippen LogP) is 6.75. The molecule has 0 spiro atoms. The number of rotatable bonds is 4. The highest BCUT2D eigenvalue weighted by Crippen LogP contribution is 2.44. The summed E-state index contributed by atoms with van der Waals surface area (Å²) in [7, 11) is 0. The molecule has 2 aromatic heterocycles. The highest BCUT2D eigenvalue weighted by molar-refractivity contribution is 6.34. The van der Waals surface area contributed by atoms with Gasteiger partial charge < -0.3 is 24.8 Å². The quantitative estimate of drug-likeness (QED) is 0.176. The Hall–Kier alpha value is -3.98. The van der Waals surface area contributed by atoms with Crippen LogP contribution in [0.15, 0.2) is 0 Å². The molecule has 1 amide bonds. The second kappa shape index (κ2) is 13.5. The summed E-state index contributed by atoms with van der Waals surface area (Å²) in [5, 5.41) is -0.437. The van der Waals surface area contributed by atoms with Crippen molar-refractivity contribution in [2.75, 3.05) is 38.5 Å². The number of fused-ring (bicyclic) bond motifs is 1. The number of carbonyl (C=O) groups excluding carboxylic acids is 1. The molecule has 3 aromatic rings. The van der Waals surface area contributed by atoms with Gasteiger partial charge in [0.15, 0.2) is 22.8 Å². The van der Waals surface area contributed by atoms with Gasteiger partial charge in [0, 0.05) is 36.0 Å². The molecular formula is C35H43ClF4N7O4+. The second-order valence-electron chi connectivity index (χ2n) is 14.8. The van der Waals surface area contributed by atoms with E-state index >= 15 is 8.78 Å². The number of hydrogen-bond donors (Lipinski definition) is 1. The van der Waals surface area contributed by atoms with Crippen molar-refractivity contribution in [1.82, 2.24) is 24.8 Å². The molecule has 2 fully saturated rings. The van der Waals surface area contributed by atoms with Crippen molar-refractivity contribution in [2.24, 2.45) is 0 Å². The number of ether oxygens (including phenoxy) is 3. The van der Waals surface area contributed by atoms with Gasteiger partial charge in [0.1, 0.15) is 41.8 Å². The van der Waals surface area contributed by atoms with Crippen LogP contribution in [0.1, 0.15) is 65.9 Å². The van der Waals surface area contributed by atoms with Crippen LogP contribution in [0.2, 0.25) is 5.02 Å². The fraction of sp³-hybridized carbons (Fsp3) is 0.571. The molecule has 6 rings (SSSR count). The molecule has 16 heteroatoms. The summed E-state index contributed by atoms with van der Waals surface area (Å²) in [6.07, 6.45) is -0.0778. The molecule has 0 unspecified atom stereocenters. The highest BCUT2D eigenvalue weighted by Gasteiger charge is 2.50. The Morgan fingerprint density at radius 3 is 2.59 bits per heavy atom. The minimum atomic E-state index is -1.31. The van der Waals surface area contributed by atoms with Gasteiger partial charge in [-0.1, -0.05) is 11.6 Å². The Bertz CT molecular complexity index is 1880. The maximum absolute atomic E-state index is 16.9. The number of amides is 1. The minimum Gasteiger partial charge on any atom is -0.474 e. The zero-order valence-corrected chi connectivity index (χ0v) is 30.3. The van der Waals surface area contributed by atoms with Crippen LogP contribution >= 0.6 is 11.6 Å². The first kappa shape index (κ1) is 36.8. The summed E-state index contributed by atoms with van der Waals surface area (Å²) < 4.78 is 81.5. The largest absolute Gasteiger partial charge is 0.474 e. The zero-order chi connectivity index (χ0) is 37.2. The first-order valence-electron chi connectivity index (χ1n) is 17.0. The lowest BCUT2D eigenvalue weighted by molar-refractivity contribution is -0.434. The van der Waals surface area contributed by atoms with Gasteiger partial charge in [-0.15, -0.1) is 0 Å². The number of nitrogens with zero attached hydrogens (tertiary/aromatic N) is 6. The average Bonchev–Trinajstić information content (AvgIpc) is 3.57. The molecule has 3 aliphatic heterocycles. The summed E-state index contributed by atoms with van der Waals surface area (Å²) >= 11 is 6.44. The Balaban J connectivity index is 1.53. The highest BCUT2D eigenvalue weighted by atomic mass is 35.5. The normalized spacial score (nSPS) is 24.3. The maximum atomic E-state index is 16.9. The first-order valence-corrected chi connectivity index (χ1v) is 17.4. The van der Waals surface area contributed by atoms with Crippen LogP contribution in [0.25, 0.3) is 22.2 Å². The van der Waals surface area contributed by atoms with Crippen molar-refractivity contribution in [3.8, 4) is 23.1 Å². The van der Waals surface area contributed by atoms with Gasteiger partial charge in [0.2, 0.25) is 5.88 Å². The molecule has 4 atom stereocenters. The van der Waals surface area contributed by atoms with Crippen LogP contribution in [0.3, 0.4) is 0 Å². The predicted molar refractivity (Wildman–Crippen MR) is 184 cm³/mol. The van der Waals surface area contributed by atoms with Crippen molar-refractivity contribution >= 4 is 46.8 Å². The molecule has 0 saturated carbocycles. The second-order valence-corrected chi connectivity index (χ2v) is 15.2. The van der Waals surface area contributed by atoms with E-state index in [1.54, 1.807) is 32.6 Å². The van der Waals surface area contributed by atoms with E-state index in [1.807, 2.05) is 6.92 Å². The fourth-order valence-corrected chi connectivity index (χ4v) is 7.56. The smallest absolute Gasteiger partial charge is 0.434 e. The third kappa shape index (κ3) is 6.86. The summed E-state index contributed by atoms with van der Waals surface area (Å²) in [6.45, 7) is 15.6. The lowest BCUT2D eigenvalue weighted by Gasteiger charge is -2.32. The van der Waals surface area contributed by atoms with E-state index in [2.05, 4.69) is 26.6 Å². The van der Waals surface area contributed by atoms with Crippen molar-refractivity contribution in [3.63, 3.8) is 0 Å². The number of hydrogen-bond acceptors (Lipinski definition) is 9. The van der Waals surface area contributed by atoms with E-state index in [-0.39, 0.29) is 66.7 Å². The molecule has 276 valence electrons.